The zero-order valence-corrected chi connectivity index (χ0v) is 10.2. The number of aromatic nitrogens is 1. The van der Waals surface area contributed by atoms with Crippen molar-refractivity contribution in [1.82, 2.24) is 4.98 Å². The van der Waals surface area contributed by atoms with Crippen molar-refractivity contribution >= 4 is 23.1 Å². The number of hydrogen-bond acceptors (Lipinski definition) is 3. The third-order valence-electron chi connectivity index (χ3n) is 2.89. The van der Waals surface area contributed by atoms with Crippen molar-refractivity contribution in [1.29, 1.82) is 0 Å². The smallest absolute Gasteiger partial charge is 0.179 e. The summed E-state index contributed by atoms with van der Waals surface area (Å²) in [7, 11) is 0. The Morgan fingerprint density at radius 1 is 1.28 bits per heavy atom. The highest BCUT2D eigenvalue weighted by Crippen LogP contribution is 2.34. The molecule has 18 heavy (non-hydrogen) atoms. The highest BCUT2D eigenvalue weighted by atomic mass is 35.5. The van der Waals surface area contributed by atoms with Crippen LogP contribution in [0.5, 0.6) is 0 Å². The Morgan fingerprint density at radius 3 is 2.83 bits per heavy atom. The molecular weight excluding hydrogens is 253 g/mol. The van der Waals surface area contributed by atoms with Gasteiger partial charge in [-0.15, -0.1) is 0 Å². The summed E-state index contributed by atoms with van der Waals surface area (Å²) in [6.45, 7) is 0.611. The van der Waals surface area contributed by atoms with Crippen molar-refractivity contribution in [3.63, 3.8) is 0 Å². The van der Waals surface area contributed by atoms with E-state index in [1.54, 1.807) is 18.3 Å². The number of rotatable bonds is 2. The van der Waals surface area contributed by atoms with Crippen LogP contribution in [0.2, 0.25) is 0 Å². The molecule has 0 amide bonds. The van der Waals surface area contributed by atoms with Crippen LogP contribution >= 0.6 is 11.6 Å². The van der Waals surface area contributed by atoms with Gasteiger partial charge in [0, 0.05) is 12.7 Å². The average Bonchev–Trinajstić information content (AvgIpc) is 2.69. The van der Waals surface area contributed by atoms with E-state index in [0.29, 0.717) is 6.54 Å². The van der Waals surface area contributed by atoms with Gasteiger partial charge in [0.25, 0.3) is 0 Å². The number of benzene rings is 1. The maximum atomic E-state index is 12.9. The molecule has 92 valence electrons. The van der Waals surface area contributed by atoms with Crippen LogP contribution in [0.25, 0.3) is 0 Å². The van der Waals surface area contributed by atoms with Gasteiger partial charge in [-0.3, -0.25) is 0 Å². The molecule has 0 saturated carbocycles. The maximum absolute atomic E-state index is 12.9. The SMILES string of the molecule is Fc1ccc(CN2c3cccnc3NC2Cl)cc1. The minimum absolute atomic E-state index is 0.234. The molecule has 0 aliphatic carbocycles. The van der Waals surface area contributed by atoms with Crippen molar-refractivity contribution in [3.05, 3.63) is 54.0 Å². The lowest BCUT2D eigenvalue weighted by molar-refractivity contribution is 0.626. The van der Waals surface area contributed by atoms with Crippen molar-refractivity contribution in [2.24, 2.45) is 0 Å². The van der Waals surface area contributed by atoms with Crippen molar-refractivity contribution in [2.45, 2.75) is 12.2 Å². The number of nitrogens with zero attached hydrogens (tertiary/aromatic N) is 2. The molecule has 5 heteroatoms. The van der Waals surface area contributed by atoms with Gasteiger partial charge in [-0.25, -0.2) is 9.37 Å². The molecule has 3 rings (SSSR count). The van der Waals surface area contributed by atoms with Crippen molar-refractivity contribution in [3.8, 4) is 0 Å². The van der Waals surface area contributed by atoms with E-state index in [0.717, 1.165) is 17.1 Å². The monoisotopic (exact) mass is 263 g/mol. The second-order valence-corrected chi connectivity index (χ2v) is 4.52. The molecule has 1 aliphatic rings. The lowest BCUT2D eigenvalue weighted by atomic mass is 10.2. The van der Waals surface area contributed by atoms with E-state index < -0.39 is 0 Å². The van der Waals surface area contributed by atoms with Crippen LogP contribution in [-0.2, 0) is 6.54 Å². The molecule has 0 fully saturated rings. The number of nitrogens with one attached hydrogen (secondary N) is 1. The molecule has 1 unspecified atom stereocenters. The Balaban J connectivity index is 1.87. The summed E-state index contributed by atoms with van der Waals surface area (Å²) in [4.78, 5) is 6.20. The van der Waals surface area contributed by atoms with E-state index >= 15 is 0 Å². The topological polar surface area (TPSA) is 28.2 Å². The zero-order chi connectivity index (χ0) is 12.5. The van der Waals surface area contributed by atoms with Gasteiger partial charge in [0.15, 0.2) is 11.4 Å². The number of halogens is 2. The Labute approximate surface area is 109 Å². The van der Waals surface area contributed by atoms with E-state index in [2.05, 4.69) is 10.3 Å². The van der Waals surface area contributed by atoms with Gasteiger partial charge >= 0.3 is 0 Å². The van der Waals surface area contributed by atoms with Gasteiger partial charge in [0.05, 0.1) is 5.69 Å². The summed E-state index contributed by atoms with van der Waals surface area (Å²) in [6.07, 6.45) is 1.72. The van der Waals surface area contributed by atoms with Crippen LogP contribution in [0.3, 0.4) is 0 Å². The van der Waals surface area contributed by atoms with E-state index in [9.17, 15) is 4.39 Å². The number of hydrogen-bond donors (Lipinski definition) is 1. The number of pyridine rings is 1. The van der Waals surface area contributed by atoms with Crippen LogP contribution in [0.15, 0.2) is 42.6 Å². The maximum Gasteiger partial charge on any atom is 0.179 e. The van der Waals surface area contributed by atoms with Crippen LogP contribution in [0.4, 0.5) is 15.9 Å². The first-order chi connectivity index (χ1) is 8.74. The van der Waals surface area contributed by atoms with E-state index in [1.165, 1.54) is 12.1 Å². The van der Waals surface area contributed by atoms with Crippen LogP contribution in [0, 0.1) is 5.82 Å². The normalized spacial score (nSPS) is 17.4. The van der Waals surface area contributed by atoms with Crippen molar-refractivity contribution in [2.75, 3.05) is 10.2 Å². The lowest BCUT2D eigenvalue weighted by Gasteiger charge is -2.21. The molecule has 0 spiro atoms. The molecular formula is C13H11ClFN3. The minimum atomic E-state index is -0.333. The third-order valence-corrected chi connectivity index (χ3v) is 3.24. The lowest BCUT2D eigenvalue weighted by Crippen LogP contribution is -2.30. The first-order valence-electron chi connectivity index (χ1n) is 5.61. The fourth-order valence-corrected chi connectivity index (χ4v) is 2.28. The highest BCUT2D eigenvalue weighted by Gasteiger charge is 2.27. The Morgan fingerprint density at radius 2 is 2.06 bits per heavy atom. The first-order valence-corrected chi connectivity index (χ1v) is 6.04. The summed E-state index contributed by atoms with van der Waals surface area (Å²) in [5.41, 5.74) is 1.63. The fourth-order valence-electron chi connectivity index (χ4n) is 2.00. The van der Waals surface area contributed by atoms with Crippen LogP contribution in [-0.4, -0.2) is 10.6 Å². The van der Waals surface area contributed by atoms with E-state index in [4.69, 9.17) is 11.6 Å². The summed E-state index contributed by atoms with van der Waals surface area (Å²) in [6, 6.07) is 10.2. The Kier molecular flexibility index (Phi) is 2.80. The van der Waals surface area contributed by atoms with Gasteiger partial charge in [0.2, 0.25) is 0 Å². The van der Waals surface area contributed by atoms with Gasteiger partial charge < -0.3 is 10.2 Å². The Hall–Kier alpha value is -1.81. The second-order valence-electron chi connectivity index (χ2n) is 4.11. The minimum Gasteiger partial charge on any atom is -0.336 e. The molecule has 3 nitrogen and oxygen atoms in total. The summed E-state index contributed by atoms with van der Waals surface area (Å²) >= 11 is 6.23. The molecule has 1 aromatic heterocycles. The van der Waals surface area contributed by atoms with Crippen LogP contribution < -0.4 is 10.2 Å². The highest BCUT2D eigenvalue weighted by molar-refractivity contribution is 6.24. The largest absolute Gasteiger partial charge is 0.336 e. The summed E-state index contributed by atoms with van der Waals surface area (Å²) < 4.78 is 12.9. The molecule has 1 atom stereocenters. The van der Waals surface area contributed by atoms with Crippen LogP contribution in [0.1, 0.15) is 5.56 Å². The standard InChI is InChI=1S/C13H11ClFN3/c14-13-17-12-11(2-1-7-16-12)18(13)8-9-3-5-10(15)6-4-9/h1-7,13H,8H2,(H,16,17). The second kappa shape index (κ2) is 4.46. The van der Waals surface area contributed by atoms with Gasteiger partial charge in [-0.05, 0) is 29.8 Å². The predicted octanol–water partition coefficient (Wildman–Crippen LogP) is 3.18. The van der Waals surface area contributed by atoms with Gasteiger partial charge in [-0.1, -0.05) is 23.7 Å². The zero-order valence-electron chi connectivity index (χ0n) is 9.48. The quantitative estimate of drug-likeness (QED) is 0.666. The molecule has 1 aromatic carbocycles. The molecule has 1 N–H and O–H groups in total. The van der Waals surface area contributed by atoms with Gasteiger partial charge in [0.1, 0.15) is 5.82 Å². The first kappa shape index (κ1) is 11.3. The summed E-state index contributed by atoms with van der Waals surface area (Å²) in [5, 5.41) is 3.09. The molecule has 2 aromatic rings. The van der Waals surface area contributed by atoms with E-state index in [1.807, 2.05) is 17.0 Å². The molecule has 0 radical (unpaired) electrons. The number of anilines is 2. The number of alkyl halides is 1. The molecule has 0 saturated heterocycles. The Bertz CT molecular complexity index is 558. The summed E-state index contributed by atoms with van der Waals surface area (Å²) in [5.74, 6) is 0.544. The number of fused-ring (bicyclic) bond motifs is 1. The average molecular weight is 264 g/mol. The van der Waals surface area contributed by atoms with Crippen molar-refractivity contribution < 1.29 is 4.39 Å². The fraction of sp³-hybridized carbons (Fsp3) is 0.154. The predicted molar refractivity (Wildman–Crippen MR) is 70.1 cm³/mol. The molecule has 0 bridgehead atoms. The molecule has 2 heterocycles. The van der Waals surface area contributed by atoms with Gasteiger partial charge in [-0.2, -0.15) is 0 Å². The third kappa shape index (κ3) is 1.99. The molecule has 1 aliphatic heterocycles. The van der Waals surface area contributed by atoms with E-state index in [-0.39, 0.29) is 11.4 Å².